The van der Waals surface area contributed by atoms with Gasteiger partial charge in [0.05, 0.1) is 11.0 Å². The molecule has 1 aliphatic heterocycles. The summed E-state index contributed by atoms with van der Waals surface area (Å²) < 4.78 is 1.86. The highest BCUT2D eigenvalue weighted by Gasteiger charge is 2.23. The Balaban J connectivity index is 1.76. The number of anilines is 1. The maximum Gasteiger partial charge on any atom is 0.216 e. The average Bonchev–Trinajstić information content (AvgIpc) is 3.02. The Labute approximate surface area is 137 Å². The smallest absolute Gasteiger partial charge is 0.216 e. The molecule has 1 unspecified atom stereocenters. The van der Waals surface area contributed by atoms with Crippen molar-refractivity contribution in [3.05, 3.63) is 23.5 Å². The molecule has 0 aliphatic carbocycles. The summed E-state index contributed by atoms with van der Waals surface area (Å²) in [5.41, 5.74) is 9.75. The molecule has 3 aromatic rings. The minimum atomic E-state index is 0.337. The van der Waals surface area contributed by atoms with Crippen molar-refractivity contribution in [2.45, 2.75) is 43.2 Å². The van der Waals surface area contributed by atoms with Gasteiger partial charge in [0.1, 0.15) is 0 Å². The summed E-state index contributed by atoms with van der Waals surface area (Å²) in [6.07, 6.45) is 0.931. The molecule has 7 nitrogen and oxygen atoms in total. The molecule has 23 heavy (non-hydrogen) atoms. The van der Waals surface area contributed by atoms with Gasteiger partial charge in [-0.3, -0.25) is 0 Å². The summed E-state index contributed by atoms with van der Waals surface area (Å²) in [7, 11) is 0. The Morgan fingerprint density at radius 3 is 2.96 bits per heavy atom. The van der Waals surface area contributed by atoms with Gasteiger partial charge in [-0.2, -0.15) is 9.78 Å². The molecule has 8 heteroatoms. The van der Waals surface area contributed by atoms with Gasteiger partial charge in [-0.1, -0.05) is 6.92 Å². The van der Waals surface area contributed by atoms with Crippen molar-refractivity contribution in [1.82, 2.24) is 24.8 Å². The highest BCUT2D eigenvalue weighted by molar-refractivity contribution is 7.99. The zero-order valence-electron chi connectivity index (χ0n) is 13.2. The minimum absolute atomic E-state index is 0.337. The van der Waals surface area contributed by atoms with Crippen molar-refractivity contribution >= 4 is 34.5 Å². The van der Waals surface area contributed by atoms with Gasteiger partial charge in [0.25, 0.3) is 0 Å². The number of rotatable bonds is 2. The number of nitrogens with two attached hydrogens (primary N) is 1. The zero-order chi connectivity index (χ0) is 16.1. The maximum absolute atomic E-state index is 5.73. The normalized spacial score (nSPS) is 17.3. The summed E-state index contributed by atoms with van der Waals surface area (Å²) >= 11 is 1.55. The summed E-state index contributed by atoms with van der Waals surface area (Å²) in [6.45, 7) is 6.25. The van der Waals surface area contributed by atoms with Crippen LogP contribution in [0.2, 0.25) is 0 Å². The molecule has 4 rings (SSSR count). The van der Waals surface area contributed by atoms with Crippen molar-refractivity contribution in [3.8, 4) is 0 Å². The predicted molar refractivity (Wildman–Crippen MR) is 90.9 cm³/mol. The molecule has 0 saturated carbocycles. The number of H-pyrrole nitrogens is 1. The standard InChI is InChI=1S/C15H17N7S/c1-7-5-10-11(18-14(16)17-10)6-12(7)23-15-20-19-13-8(2)4-9(3)21-22(13)15/h5-6,8H,4H2,1-3H3,(H3,16,17,18). The largest absolute Gasteiger partial charge is 0.369 e. The Bertz CT molecular complexity index is 937. The quantitative estimate of drug-likeness (QED) is 0.754. The van der Waals surface area contributed by atoms with Crippen LogP contribution in [0.1, 0.15) is 37.6 Å². The van der Waals surface area contributed by atoms with E-state index in [0.29, 0.717) is 11.9 Å². The number of hydrogen-bond donors (Lipinski definition) is 2. The lowest BCUT2D eigenvalue weighted by molar-refractivity contribution is 0.610. The van der Waals surface area contributed by atoms with Crippen LogP contribution < -0.4 is 5.73 Å². The second kappa shape index (κ2) is 5.09. The number of nitrogens with zero attached hydrogens (tertiary/aromatic N) is 5. The van der Waals surface area contributed by atoms with Crippen LogP contribution in [-0.2, 0) is 0 Å². The van der Waals surface area contributed by atoms with E-state index in [9.17, 15) is 0 Å². The van der Waals surface area contributed by atoms with E-state index in [1.165, 1.54) is 0 Å². The minimum Gasteiger partial charge on any atom is -0.369 e. The van der Waals surface area contributed by atoms with E-state index in [1.807, 2.05) is 23.7 Å². The number of nitrogens with one attached hydrogen (secondary N) is 1. The van der Waals surface area contributed by atoms with Gasteiger partial charge < -0.3 is 10.7 Å². The number of hydrogen-bond acceptors (Lipinski definition) is 6. The van der Waals surface area contributed by atoms with Crippen molar-refractivity contribution in [2.24, 2.45) is 5.10 Å². The molecule has 0 spiro atoms. The highest BCUT2D eigenvalue weighted by Crippen LogP contribution is 2.34. The van der Waals surface area contributed by atoms with Gasteiger partial charge in [0.15, 0.2) is 11.8 Å². The first kappa shape index (κ1) is 14.3. The molecule has 1 atom stereocenters. The van der Waals surface area contributed by atoms with Crippen LogP contribution in [0.15, 0.2) is 27.3 Å². The average molecular weight is 327 g/mol. The van der Waals surface area contributed by atoms with E-state index in [4.69, 9.17) is 5.73 Å². The van der Waals surface area contributed by atoms with E-state index < -0.39 is 0 Å². The summed E-state index contributed by atoms with van der Waals surface area (Å²) in [6, 6.07) is 4.07. The van der Waals surface area contributed by atoms with Crippen LogP contribution in [0.25, 0.3) is 11.0 Å². The SMILES string of the molecule is CC1=Nn2c(Sc3cc4nc(N)[nH]c4cc3C)nnc2C(C)C1. The fourth-order valence-electron chi connectivity index (χ4n) is 2.86. The van der Waals surface area contributed by atoms with Gasteiger partial charge in [0, 0.05) is 16.5 Å². The van der Waals surface area contributed by atoms with Crippen molar-refractivity contribution in [1.29, 1.82) is 0 Å². The molecule has 118 valence electrons. The number of benzene rings is 1. The topological polar surface area (TPSA) is 97.8 Å². The van der Waals surface area contributed by atoms with Crippen molar-refractivity contribution in [3.63, 3.8) is 0 Å². The number of imidazole rings is 1. The predicted octanol–water partition coefficient (Wildman–Crippen LogP) is 2.93. The Morgan fingerprint density at radius 1 is 1.30 bits per heavy atom. The van der Waals surface area contributed by atoms with Crippen LogP contribution >= 0.6 is 11.8 Å². The Kier molecular flexibility index (Phi) is 3.15. The molecule has 0 saturated heterocycles. The number of nitrogen functional groups attached to an aromatic ring is 1. The van der Waals surface area contributed by atoms with Crippen LogP contribution in [0.3, 0.4) is 0 Å². The first-order chi connectivity index (χ1) is 11.0. The fraction of sp³-hybridized carbons (Fsp3) is 0.333. The first-order valence-electron chi connectivity index (χ1n) is 7.44. The van der Waals surface area contributed by atoms with Crippen LogP contribution in [0.4, 0.5) is 5.95 Å². The third-order valence-electron chi connectivity index (χ3n) is 3.95. The molecule has 0 amide bonds. The number of aromatic nitrogens is 5. The van der Waals surface area contributed by atoms with E-state index >= 15 is 0 Å². The molecule has 0 bridgehead atoms. The Hall–Kier alpha value is -2.35. The van der Waals surface area contributed by atoms with Crippen molar-refractivity contribution < 1.29 is 0 Å². The van der Waals surface area contributed by atoms with Gasteiger partial charge in [0.2, 0.25) is 5.16 Å². The van der Waals surface area contributed by atoms with Crippen LogP contribution in [0.5, 0.6) is 0 Å². The Morgan fingerprint density at radius 2 is 2.13 bits per heavy atom. The molecule has 1 aromatic carbocycles. The highest BCUT2D eigenvalue weighted by atomic mass is 32.2. The molecule has 1 aliphatic rings. The van der Waals surface area contributed by atoms with E-state index in [0.717, 1.165) is 44.6 Å². The zero-order valence-corrected chi connectivity index (χ0v) is 14.0. The second-order valence-electron chi connectivity index (χ2n) is 5.95. The van der Waals surface area contributed by atoms with E-state index in [-0.39, 0.29) is 0 Å². The van der Waals surface area contributed by atoms with Crippen molar-refractivity contribution in [2.75, 3.05) is 5.73 Å². The lowest BCUT2D eigenvalue weighted by Gasteiger charge is -2.17. The van der Waals surface area contributed by atoms with Gasteiger partial charge in [-0.25, -0.2) is 4.98 Å². The van der Waals surface area contributed by atoms with Gasteiger partial charge in [-0.15, -0.1) is 10.2 Å². The number of aromatic amines is 1. The molecule has 2 aromatic heterocycles. The molecule has 0 fully saturated rings. The lowest BCUT2D eigenvalue weighted by atomic mass is 10.0. The second-order valence-corrected chi connectivity index (χ2v) is 6.96. The van der Waals surface area contributed by atoms with Gasteiger partial charge in [-0.05, 0) is 49.7 Å². The van der Waals surface area contributed by atoms with E-state index in [2.05, 4.69) is 39.1 Å². The molecule has 3 N–H and O–H groups in total. The maximum atomic E-state index is 5.73. The van der Waals surface area contributed by atoms with Gasteiger partial charge >= 0.3 is 0 Å². The molecule has 0 radical (unpaired) electrons. The third kappa shape index (κ3) is 2.39. The number of aryl methyl sites for hydroxylation is 1. The number of fused-ring (bicyclic) bond motifs is 2. The molecule has 3 heterocycles. The van der Waals surface area contributed by atoms with Crippen LogP contribution in [0, 0.1) is 6.92 Å². The summed E-state index contributed by atoms with van der Waals surface area (Å²) in [4.78, 5) is 8.42. The third-order valence-corrected chi connectivity index (χ3v) is 5.04. The van der Waals surface area contributed by atoms with Crippen LogP contribution in [-0.4, -0.2) is 30.6 Å². The monoisotopic (exact) mass is 327 g/mol. The first-order valence-corrected chi connectivity index (χ1v) is 8.26. The molecular formula is C15H17N7S. The lowest BCUT2D eigenvalue weighted by Crippen LogP contribution is -2.14. The molecular weight excluding hydrogens is 310 g/mol. The fourth-order valence-corrected chi connectivity index (χ4v) is 3.75. The van der Waals surface area contributed by atoms with E-state index in [1.54, 1.807) is 11.8 Å². The summed E-state index contributed by atoms with van der Waals surface area (Å²) in [5.74, 6) is 1.68. The summed E-state index contributed by atoms with van der Waals surface area (Å²) in [5, 5.41) is 14.0.